The largest absolute Gasteiger partial charge is 0.451 e. The highest BCUT2D eigenvalue weighted by Crippen LogP contribution is 2.29. The van der Waals surface area contributed by atoms with Crippen LogP contribution in [0.1, 0.15) is 31.2 Å². The number of rotatable bonds is 2. The van der Waals surface area contributed by atoms with Gasteiger partial charge in [0.15, 0.2) is 17.2 Å². The summed E-state index contributed by atoms with van der Waals surface area (Å²) in [5.74, 6) is 0.644. The fourth-order valence-electron chi connectivity index (χ4n) is 2.21. The van der Waals surface area contributed by atoms with E-state index >= 15 is 0 Å². The van der Waals surface area contributed by atoms with Crippen LogP contribution in [0.15, 0.2) is 33.5 Å². The van der Waals surface area contributed by atoms with Crippen molar-refractivity contribution in [1.29, 1.82) is 0 Å². The van der Waals surface area contributed by atoms with Gasteiger partial charge in [-0.15, -0.1) is 0 Å². The third-order valence-electron chi connectivity index (χ3n) is 3.45. The maximum absolute atomic E-state index is 13.7. The van der Waals surface area contributed by atoms with Crippen molar-refractivity contribution in [2.75, 3.05) is 0 Å². The fraction of sp³-hybridized carbons (Fsp3) is 0.250. The molecule has 0 amide bonds. The van der Waals surface area contributed by atoms with E-state index in [9.17, 15) is 9.18 Å². The number of halogens is 1. The van der Waals surface area contributed by atoms with Crippen LogP contribution < -0.4 is 5.56 Å². The molecule has 0 aliphatic rings. The minimum Gasteiger partial charge on any atom is -0.451 e. The molecule has 2 aromatic heterocycles. The van der Waals surface area contributed by atoms with Gasteiger partial charge >= 0.3 is 0 Å². The van der Waals surface area contributed by atoms with Crippen LogP contribution in [0, 0.1) is 12.7 Å². The molecular formula is C16H15FN2O2. The van der Waals surface area contributed by atoms with Crippen molar-refractivity contribution in [2.24, 2.45) is 0 Å². The van der Waals surface area contributed by atoms with Gasteiger partial charge in [-0.05, 0) is 19.1 Å². The Kier molecular flexibility index (Phi) is 3.12. The molecule has 0 aliphatic heterocycles. The molecule has 0 bridgehead atoms. The summed E-state index contributed by atoms with van der Waals surface area (Å²) in [5.41, 5.74) is 0.890. The van der Waals surface area contributed by atoms with Crippen molar-refractivity contribution >= 4 is 11.0 Å². The Morgan fingerprint density at radius 2 is 2.10 bits per heavy atom. The zero-order valence-corrected chi connectivity index (χ0v) is 12.0. The number of H-pyrrole nitrogens is 1. The SMILES string of the molecule is Cc1c(-c2cc3cccc(F)c3o2)nc(C(C)C)[nH]c1=O. The Bertz CT molecular complexity index is 878. The molecule has 0 aliphatic carbocycles. The summed E-state index contributed by atoms with van der Waals surface area (Å²) in [6.45, 7) is 5.56. The summed E-state index contributed by atoms with van der Waals surface area (Å²) in [5, 5.41) is 0.651. The van der Waals surface area contributed by atoms with Crippen LogP contribution in [-0.4, -0.2) is 9.97 Å². The van der Waals surface area contributed by atoms with Crippen molar-refractivity contribution in [1.82, 2.24) is 9.97 Å². The van der Waals surface area contributed by atoms with Crippen molar-refractivity contribution in [3.8, 4) is 11.5 Å². The molecule has 0 unspecified atom stereocenters. The lowest BCUT2D eigenvalue weighted by atomic mass is 10.1. The molecular weight excluding hydrogens is 271 g/mol. The molecule has 0 atom stereocenters. The van der Waals surface area contributed by atoms with Gasteiger partial charge in [-0.2, -0.15) is 0 Å². The third kappa shape index (κ3) is 2.24. The number of fused-ring (bicyclic) bond motifs is 1. The summed E-state index contributed by atoms with van der Waals surface area (Å²) in [7, 11) is 0. The molecule has 21 heavy (non-hydrogen) atoms. The number of nitrogens with one attached hydrogen (secondary N) is 1. The first-order chi connectivity index (χ1) is 9.97. The molecule has 5 heteroatoms. The van der Waals surface area contributed by atoms with Crippen LogP contribution in [0.4, 0.5) is 4.39 Å². The number of aromatic nitrogens is 2. The van der Waals surface area contributed by atoms with Crippen molar-refractivity contribution in [2.45, 2.75) is 26.7 Å². The van der Waals surface area contributed by atoms with Crippen molar-refractivity contribution < 1.29 is 8.81 Å². The minimum atomic E-state index is -0.426. The van der Waals surface area contributed by atoms with Crippen LogP contribution in [0.2, 0.25) is 0 Å². The molecule has 0 saturated carbocycles. The second-order valence-electron chi connectivity index (χ2n) is 5.35. The number of aromatic amines is 1. The summed E-state index contributed by atoms with van der Waals surface area (Å²) < 4.78 is 19.3. The molecule has 4 nitrogen and oxygen atoms in total. The van der Waals surface area contributed by atoms with Gasteiger partial charge in [0.25, 0.3) is 5.56 Å². The van der Waals surface area contributed by atoms with Crippen LogP contribution in [-0.2, 0) is 0 Å². The van der Waals surface area contributed by atoms with Crippen molar-refractivity contribution in [3.63, 3.8) is 0 Å². The topological polar surface area (TPSA) is 58.9 Å². The quantitative estimate of drug-likeness (QED) is 0.780. The number of para-hydroxylation sites is 1. The second kappa shape index (κ2) is 4.84. The van der Waals surface area contributed by atoms with E-state index in [0.29, 0.717) is 28.2 Å². The molecule has 1 N–H and O–H groups in total. The fourth-order valence-corrected chi connectivity index (χ4v) is 2.21. The number of furan rings is 1. The predicted octanol–water partition coefficient (Wildman–Crippen LogP) is 3.75. The number of hydrogen-bond donors (Lipinski definition) is 1. The van der Waals surface area contributed by atoms with Gasteiger partial charge in [-0.25, -0.2) is 9.37 Å². The highest BCUT2D eigenvalue weighted by Gasteiger charge is 2.16. The highest BCUT2D eigenvalue weighted by molar-refractivity contribution is 5.83. The maximum Gasteiger partial charge on any atom is 0.254 e. The Labute approximate surface area is 120 Å². The van der Waals surface area contributed by atoms with Crippen LogP contribution in [0.5, 0.6) is 0 Å². The molecule has 3 rings (SSSR count). The van der Waals surface area contributed by atoms with Gasteiger partial charge in [0.05, 0.1) is 0 Å². The number of benzene rings is 1. The molecule has 0 radical (unpaired) electrons. The minimum absolute atomic E-state index is 0.0816. The van der Waals surface area contributed by atoms with Gasteiger partial charge < -0.3 is 9.40 Å². The Morgan fingerprint density at radius 1 is 1.33 bits per heavy atom. The van der Waals surface area contributed by atoms with Gasteiger partial charge in [-0.1, -0.05) is 26.0 Å². The predicted molar refractivity (Wildman–Crippen MR) is 78.8 cm³/mol. The van der Waals surface area contributed by atoms with E-state index < -0.39 is 5.82 Å². The highest BCUT2D eigenvalue weighted by atomic mass is 19.1. The van der Waals surface area contributed by atoms with Crippen LogP contribution in [0.3, 0.4) is 0 Å². The maximum atomic E-state index is 13.7. The molecule has 0 saturated heterocycles. The summed E-state index contributed by atoms with van der Waals surface area (Å²) in [6, 6.07) is 6.43. The van der Waals surface area contributed by atoms with Gasteiger partial charge in [0, 0.05) is 16.9 Å². The molecule has 0 spiro atoms. The Balaban J connectivity index is 2.27. The molecule has 2 heterocycles. The van der Waals surface area contributed by atoms with E-state index in [1.165, 1.54) is 6.07 Å². The lowest BCUT2D eigenvalue weighted by molar-refractivity contribution is 0.566. The van der Waals surface area contributed by atoms with E-state index in [2.05, 4.69) is 9.97 Å². The Hall–Kier alpha value is -2.43. The standard InChI is InChI=1S/C16H15FN2O2/c1-8(2)15-18-13(9(3)16(20)19-15)12-7-10-5-4-6-11(17)14(10)21-12/h4-8H,1-3H3,(H,18,19,20). The monoisotopic (exact) mass is 286 g/mol. The zero-order valence-electron chi connectivity index (χ0n) is 12.0. The first kappa shape index (κ1) is 13.5. The van der Waals surface area contributed by atoms with E-state index in [-0.39, 0.29) is 17.1 Å². The summed E-state index contributed by atoms with van der Waals surface area (Å²) in [6.07, 6.45) is 0. The second-order valence-corrected chi connectivity index (χ2v) is 5.35. The molecule has 108 valence electrons. The lowest BCUT2D eigenvalue weighted by Gasteiger charge is -2.07. The van der Waals surface area contributed by atoms with E-state index in [1.807, 2.05) is 13.8 Å². The smallest absolute Gasteiger partial charge is 0.254 e. The van der Waals surface area contributed by atoms with E-state index in [1.54, 1.807) is 25.1 Å². The number of nitrogens with zero attached hydrogens (tertiary/aromatic N) is 1. The summed E-state index contributed by atoms with van der Waals surface area (Å²) in [4.78, 5) is 19.2. The molecule has 1 aromatic carbocycles. The average Bonchev–Trinajstić information content (AvgIpc) is 2.86. The first-order valence-electron chi connectivity index (χ1n) is 6.76. The molecule has 3 aromatic rings. The first-order valence-corrected chi connectivity index (χ1v) is 6.76. The normalized spacial score (nSPS) is 11.5. The van der Waals surface area contributed by atoms with Gasteiger partial charge in [0.2, 0.25) is 0 Å². The van der Waals surface area contributed by atoms with E-state index in [4.69, 9.17) is 4.42 Å². The zero-order chi connectivity index (χ0) is 15.1. The Morgan fingerprint density at radius 3 is 2.76 bits per heavy atom. The summed E-state index contributed by atoms with van der Waals surface area (Å²) >= 11 is 0. The van der Waals surface area contributed by atoms with Crippen LogP contribution >= 0.6 is 0 Å². The van der Waals surface area contributed by atoms with Gasteiger partial charge in [-0.3, -0.25) is 4.79 Å². The molecule has 0 fully saturated rings. The third-order valence-corrected chi connectivity index (χ3v) is 3.45. The van der Waals surface area contributed by atoms with Crippen molar-refractivity contribution in [3.05, 3.63) is 51.8 Å². The van der Waals surface area contributed by atoms with Crippen LogP contribution in [0.25, 0.3) is 22.4 Å². The van der Waals surface area contributed by atoms with Gasteiger partial charge in [0.1, 0.15) is 11.5 Å². The average molecular weight is 286 g/mol. The van der Waals surface area contributed by atoms with E-state index in [0.717, 1.165) is 0 Å². The number of hydrogen-bond acceptors (Lipinski definition) is 3. The lowest BCUT2D eigenvalue weighted by Crippen LogP contribution is -2.16.